The largest absolute Gasteiger partial charge is 0.302 e. The van der Waals surface area contributed by atoms with Crippen molar-refractivity contribution in [2.75, 3.05) is 0 Å². The molecule has 0 fully saturated rings. The summed E-state index contributed by atoms with van der Waals surface area (Å²) in [7, 11) is 0. The topological polar surface area (TPSA) is 37.8 Å². The number of halogens is 1. The fourth-order valence-corrected chi connectivity index (χ4v) is 3.61. The number of hydrogen-bond acceptors (Lipinski definition) is 4. The van der Waals surface area contributed by atoms with Crippen LogP contribution in [0.2, 0.25) is 0 Å². The van der Waals surface area contributed by atoms with Gasteiger partial charge in [-0.2, -0.15) is 0 Å². The lowest BCUT2D eigenvalue weighted by atomic mass is 10.1. The van der Waals surface area contributed by atoms with E-state index in [1.165, 1.54) is 10.6 Å². The van der Waals surface area contributed by atoms with Crippen LogP contribution in [0.1, 0.15) is 48.0 Å². The van der Waals surface area contributed by atoms with Crippen LogP contribution in [0.3, 0.4) is 0 Å². The molecule has 2 aromatic heterocycles. The minimum atomic E-state index is 0.101. The number of aromatic nitrogens is 2. The van der Waals surface area contributed by atoms with Crippen molar-refractivity contribution >= 4 is 27.3 Å². The van der Waals surface area contributed by atoms with Gasteiger partial charge in [-0.15, -0.1) is 11.3 Å². The van der Waals surface area contributed by atoms with Gasteiger partial charge in [-0.25, -0.2) is 4.98 Å². The lowest BCUT2D eigenvalue weighted by molar-refractivity contribution is 0.525. The molecule has 0 amide bonds. The first-order valence-electron chi connectivity index (χ1n) is 6.84. The van der Waals surface area contributed by atoms with Crippen LogP contribution in [0.4, 0.5) is 0 Å². The van der Waals surface area contributed by atoms with Gasteiger partial charge in [0.1, 0.15) is 5.01 Å². The number of thiazole rings is 1. The van der Waals surface area contributed by atoms with E-state index in [9.17, 15) is 0 Å². The normalized spacial score (nSPS) is 12.9. The maximum atomic E-state index is 4.80. The minimum absolute atomic E-state index is 0.101. The summed E-state index contributed by atoms with van der Waals surface area (Å²) >= 11 is 5.27. The van der Waals surface area contributed by atoms with Crippen molar-refractivity contribution in [3.8, 4) is 0 Å². The van der Waals surface area contributed by atoms with E-state index in [0.717, 1.165) is 21.5 Å². The highest BCUT2D eigenvalue weighted by Gasteiger charge is 2.20. The van der Waals surface area contributed by atoms with Crippen LogP contribution in [0.15, 0.2) is 22.9 Å². The molecule has 0 aliphatic heterocycles. The van der Waals surface area contributed by atoms with Crippen LogP contribution in [-0.4, -0.2) is 16.0 Å². The lowest BCUT2D eigenvalue weighted by Gasteiger charge is -2.19. The van der Waals surface area contributed by atoms with E-state index < -0.39 is 0 Å². The van der Waals surface area contributed by atoms with Gasteiger partial charge in [0.05, 0.1) is 11.7 Å². The zero-order valence-corrected chi connectivity index (χ0v) is 14.7. The summed E-state index contributed by atoms with van der Waals surface area (Å²) in [5, 5.41) is 4.71. The molecule has 20 heavy (non-hydrogen) atoms. The van der Waals surface area contributed by atoms with Crippen molar-refractivity contribution in [3.05, 3.63) is 44.1 Å². The molecule has 0 spiro atoms. The molecule has 0 aromatic carbocycles. The predicted molar refractivity (Wildman–Crippen MR) is 88.3 cm³/mol. The Bertz CT molecular complexity index is 580. The fraction of sp³-hybridized carbons (Fsp3) is 0.467. The summed E-state index contributed by atoms with van der Waals surface area (Å²) < 4.78 is 0.995. The monoisotopic (exact) mass is 353 g/mol. The van der Waals surface area contributed by atoms with Gasteiger partial charge in [0.25, 0.3) is 0 Å². The van der Waals surface area contributed by atoms with Crippen LogP contribution in [-0.2, 0) is 6.42 Å². The van der Waals surface area contributed by atoms with Gasteiger partial charge in [-0.05, 0) is 54.8 Å². The zero-order chi connectivity index (χ0) is 14.7. The third-order valence-electron chi connectivity index (χ3n) is 3.05. The molecule has 0 saturated heterocycles. The van der Waals surface area contributed by atoms with E-state index in [2.05, 4.69) is 60.0 Å². The smallest absolute Gasteiger partial charge is 0.115 e. The van der Waals surface area contributed by atoms with E-state index >= 15 is 0 Å². The van der Waals surface area contributed by atoms with E-state index in [1.807, 2.05) is 6.20 Å². The Hall–Kier alpha value is -0.780. The molecule has 1 N–H and O–H groups in total. The van der Waals surface area contributed by atoms with E-state index in [1.54, 1.807) is 17.5 Å². The molecular formula is C15H20BrN3S. The van der Waals surface area contributed by atoms with E-state index in [4.69, 9.17) is 4.98 Å². The number of hydrogen-bond donors (Lipinski definition) is 1. The quantitative estimate of drug-likeness (QED) is 0.872. The van der Waals surface area contributed by atoms with Crippen molar-refractivity contribution in [2.45, 2.75) is 46.2 Å². The highest BCUT2D eigenvalue weighted by atomic mass is 79.9. The molecule has 2 heterocycles. The van der Waals surface area contributed by atoms with Gasteiger partial charge in [-0.3, -0.25) is 4.98 Å². The van der Waals surface area contributed by atoms with Crippen molar-refractivity contribution in [1.82, 2.24) is 15.3 Å². The Balaban J connectivity index is 2.41. The molecule has 5 heteroatoms. The van der Waals surface area contributed by atoms with Gasteiger partial charge < -0.3 is 5.32 Å². The number of aryl methyl sites for hydroxylation is 2. The Labute approximate surface area is 133 Å². The number of pyridine rings is 1. The molecule has 2 rings (SSSR count). The van der Waals surface area contributed by atoms with Crippen LogP contribution in [0.5, 0.6) is 0 Å². The van der Waals surface area contributed by atoms with Crippen molar-refractivity contribution < 1.29 is 0 Å². The van der Waals surface area contributed by atoms with Crippen molar-refractivity contribution in [3.63, 3.8) is 0 Å². The molecule has 0 aliphatic carbocycles. The van der Waals surface area contributed by atoms with Crippen LogP contribution in [0, 0.1) is 6.92 Å². The average Bonchev–Trinajstić information content (AvgIpc) is 2.76. The maximum Gasteiger partial charge on any atom is 0.115 e. The third-order valence-corrected chi connectivity index (χ3v) is 4.56. The third kappa shape index (κ3) is 3.65. The second kappa shape index (κ2) is 6.78. The van der Waals surface area contributed by atoms with E-state index in [0.29, 0.717) is 6.04 Å². The molecule has 3 nitrogen and oxygen atoms in total. The lowest BCUT2D eigenvalue weighted by Crippen LogP contribution is -2.29. The molecule has 0 radical (unpaired) electrons. The summed E-state index contributed by atoms with van der Waals surface area (Å²) in [5.74, 6) is 0. The molecule has 1 atom stereocenters. The number of rotatable bonds is 5. The Morgan fingerprint density at radius 2 is 2.10 bits per heavy atom. The highest BCUT2D eigenvalue weighted by Crippen LogP contribution is 2.29. The highest BCUT2D eigenvalue weighted by molar-refractivity contribution is 9.10. The number of nitrogens with zero attached hydrogens (tertiary/aromatic N) is 2. The standard InChI is InChI=1S/C15H20BrN3S/c1-5-13-10(4)20-15(19-13)14(18-9(2)3)11-6-12(16)8-17-7-11/h6-9,14,18H,5H2,1-4H3. The Morgan fingerprint density at radius 1 is 1.35 bits per heavy atom. The first-order valence-corrected chi connectivity index (χ1v) is 8.45. The van der Waals surface area contributed by atoms with Gasteiger partial charge in [0.2, 0.25) is 0 Å². The summed E-state index contributed by atoms with van der Waals surface area (Å²) in [6, 6.07) is 2.59. The molecule has 0 bridgehead atoms. The van der Waals surface area contributed by atoms with Gasteiger partial charge >= 0.3 is 0 Å². The SMILES string of the molecule is CCc1nc(C(NC(C)C)c2cncc(Br)c2)sc1C. The van der Waals surface area contributed by atoms with Gasteiger partial charge in [0, 0.05) is 27.8 Å². The minimum Gasteiger partial charge on any atom is -0.302 e. The van der Waals surface area contributed by atoms with E-state index in [-0.39, 0.29) is 6.04 Å². The summed E-state index contributed by atoms with van der Waals surface area (Å²) in [6.07, 6.45) is 4.70. The first kappa shape index (κ1) is 15.6. The zero-order valence-electron chi connectivity index (χ0n) is 12.3. The molecule has 108 valence electrons. The molecule has 2 aromatic rings. The molecule has 0 saturated carbocycles. The summed E-state index contributed by atoms with van der Waals surface area (Å²) in [6.45, 7) is 8.60. The van der Waals surface area contributed by atoms with Gasteiger partial charge in [-0.1, -0.05) is 6.92 Å². The van der Waals surface area contributed by atoms with Crippen molar-refractivity contribution in [1.29, 1.82) is 0 Å². The number of nitrogens with one attached hydrogen (secondary N) is 1. The van der Waals surface area contributed by atoms with Crippen LogP contribution >= 0.6 is 27.3 Å². The average molecular weight is 354 g/mol. The summed E-state index contributed by atoms with van der Waals surface area (Å²) in [5.41, 5.74) is 2.34. The maximum absolute atomic E-state index is 4.80. The fourth-order valence-electron chi connectivity index (χ4n) is 2.13. The van der Waals surface area contributed by atoms with Gasteiger partial charge in [0.15, 0.2) is 0 Å². The predicted octanol–water partition coefficient (Wildman–Crippen LogP) is 4.26. The molecule has 0 aliphatic rings. The first-order chi connectivity index (χ1) is 9.51. The molecular weight excluding hydrogens is 334 g/mol. The van der Waals surface area contributed by atoms with Crippen molar-refractivity contribution in [2.24, 2.45) is 0 Å². The molecule has 1 unspecified atom stereocenters. The van der Waals surface area contributed by atoms with Crippen LogP contribution < -0.4 is 5.32 Å². The second-order valence-corrected chi connectivity index (χ2v) is 7.25. The Morgan fingerprint density at radius 3 is 2.65 bits per heavy atom. The Kier molecular flexibility index (Phi) is 5.29. The summed E-state index contributed by atoms with van der Waals surface area (Å²) in [4.78, 5) is 10.4. The van der Waals surface area contributed by atoms with Crippen LogP contribution in [0.25, 0.3) is 0 Å². The second-order valence-electron chi connectivity index (χ2n) is 5.10.